The maximum atomic E-state index is 5.68. The summed E-state index contributed by atoms with van der Waals surface area (Å²) in [6, 6.07) is 8.19. The van der Waals surface area contributed by atoms with Crippen molar-refractivity contribution in [3.8, 4) is 11.5 Å². The molecule has 170 valence electrons. The van der Waals surface area contributed by atoms with Gasteiger partial charge in [0.15, 0.2) is 17.5 Å². The molecule has 2 atom stereocenters. The number of benzene rings is 1. The van der Waals surface area contributed by atoms with Gasteiger partial charge in [-0.2, -0.15) is 0 Å². The van der Waals surface area contributed by atoms with Crippen molar-refractivity contribution in [1.82, 2.24) is 15.5 Å². The summed E-state index contributed by atoms with van der Waals surface area (Å²) in [5.41, 5.74) is 1.27. The van der Waals surface area contributed by atoms with Crippen LogP contribution < -0.4 is 20.1 Å². The van der Waals surface area contributed by atoms with E-state index in [1.54, 1.807) is 7.11 Å². The lowest BCUT2D eigenvalue weighted by Crippen LogP contribution is -2.56. The second-order valence-corrected chi connectivity index (χ2v) is 8.24. The van der Waals surface area contributed by atoms with Crippen LogP contribution in [0.1, 0.15) is 51.0 Å². The number of ether oxygens (including phenoxy) is 2. The Morgan fingerprint density at radius 2 is 1.93 bits per heavy atom. The fraction of sp³-hybridized carbons (Fsp3) is 0.696. The molecule has 3 rings (SSSR count). The molecule has 0 aliphatic carbocycles. The molecule has 0 aromatic heterocycles. The van der Waals surface area contributed by atoms with Gasteiger partial charge >= 0.3 is 0 Å². The average Bonchev–Trinajstić information content (AvgIpc) is 2.71. The summed E-state index contributed by atoms with van der Waals surface area (Å²) in [4.78, 5) is 7.05. The van der Waals surface area contributed by atoms with Gasteiger partial charge in [0.05, 0.1) is 13.7 Å². The minimum absolute atomic E-state index is 0. The van der Waals surface area contributed by atoms with Crippen molar-refractivity contribution in [2.45, 2.75) is 70.0 Å². The Morgan fingerprint density at radius 3 is 2.57 bits per heavy atom. The Balaban J connectivity index is 0.00000320. The predicted octanol–water partition coefficient (Wildman–Crippen LogP) is 3.82. The maximum absolute atomic E-state index is 5.68. The van der Waals surface area contributed by atoms with E-state index in [9.17, 15) is 0 Å². The lowest BCUT2D eigenvalue weighted by Gasteiger charge is -2.47. The van der Waals surface area contributed by atoms with Crippen molar-refractivity contribution in [1.29, 1.82) is 0 Å². The summed E-state index contributed by atoms with van der Waals surface area (Å²) in [5.74, 6) is 2.55. The van der Waals surface area contributed by atoms with Gasteiger partial charge < -0.3 is 25.0 Å². The fourth-order valence-corrected chi connectivity index (χ4v) is 4.77. The van der Waals surface area contributed by atoms with Crippen LogP contribution >= 0.6 is 24.0 Å². The quantitative estimate of drug-likeness (QED) is 0.232. The fourth-order valence-electron chi connectivity index (χ4n) is 4.77. The lowest BCUT2D eigenvalue weighted by molar-refractivity contribution is 0.0526. The molecule has 1 aromatic rings. The average molecular weight is 530 g/mol. The second-order valence-electron chi connectivity index (χ2n) is 8.24. The molecule has 7 heteroatoms. The van der Waals surface area contributed by atoms with Gasteiger partial charge in [0.2, 0.25) is 0 Å². The number of aliphatic imine (C=N–C) groups is 1. The van der Waals surface area contributed by atoms with E-state index >= 15 is 0 Å². The summed E-state index contributed by atoms with van der Waals surface area (Å²) in [6.07, 6.45) is 8.53. The molecule has 2 heterocycles. The first-order valence-electron chi connectivity index (χ1n) is 11.1. The van der Waals surface area contributed by atoms with E-state index in [1.165, 1.54) is 37.7 Å². The molecule has 0 amide bonds. The van der Waals surface area contributed by atoms with Crippen LogP contribution in [0, 0.1) is 0 Å². The van der Waals surface area contributed by atoms with Gasteiger partial charge in [-0.1, -0.05) is 12.5 Å². The van der Waals surface area contributed by atoms with E-state index < -0.39 is 0 Å². The van der Waals surface area contributed by atoms with Crippen molar-refractivity contribution >= 4 is 29.9 Å². The minimum Gasteiger partial charge on any atom is -0.493 e. The Bertz CT molecular complexity index is 671. The Labute approximate surface area is 199 Å². The van der Waals surface area contributed by atoms with E-state index in [1.807, 2.05) is 20.0 Å². The van der Waals surface area contributed by atoms with Crippen molar-refractivity contribution < 1.29 is 9.47 Å². The maximum Gasteiger partial charge on any atom is 0.191 e. The number of methoxy groups -OCH3 is 1. The smallest absolute Gasteiger partial charge is 0.191 e. The van der Waals surface area contributed by atoms with Crippen molar-refractivity contribution in [3.05, 3.63) is 23.8 Å². The van der Waals surface area contributed by atoms with Crippen LogP contribution in [0.5, 0.6) is 11.5 Å². The van der Waals surface area contributed by atoms with Gasteiger partial charge in [-0.15, -0.1) is 24.0 Å². The summed E-state index contributed by atoms with van der Waals surface area (Å²) in [7, 11) is 5.84. The first-order valence-corrected chi connectivity index (χ1v) is 11.1. The monoisotopic (exact) mass is 530 g/mol. The summed E-state index contributed by atoms with van der Waals surface area (Å²) in [6.45, 7) is 3.53. The number of nitrogens with zero attached hydrogens (tertiary/aromatic N) is 2. The van der Waals surface area contributed by atoms with E-state index in [4.69, 9.17) is 9.47 Å². The minimum atomic E-state index is 0. The summed E-state index contributed by atoms with van der Waals surface area (Å²) in [5, 5.41) is 7.17. The number of fused-ring (bicyclic) bond motifs is 2. The molecule has 1 aromatic carbocycles. The molecule has 6 nitrogen and oxygen atoms in total. The van der Waals surface area contributed by atoms with Crippen molar-refractivity contribution in [2.24, 2.45) is 4.99 Å². The summed E-state index contributed by atoms with van der Waals surface area (Å²) >= 11 is 0. The van der Waals surface area contributed by atoms with Gasteiger partial charge in [-0.05, 0) is 70.2 Å². The Kier molecular flexibility index (Phi) is 10.5. The van der Waals surface area contributed by atoms with Gasteiger partial charge in [0.25, 0.3) is 0 Å². The molecule has 2 N–H and O–H groups in total. The molecule has 0 saturated carbocycles. The highest BCUT2D eigenvalue weighted by Gasteiger charge is 2.36. The zero-order valence-corrected chi connectivity index (χ0v) is 21.3. The van der Waals surface area contributed by atoms with E-state index in [2.05, 4.69) is 39.7 Å². The number of halogens is 1. The van der Waals surface area contributed by atoms with Crippen LogP contribution in [0.4, 0.5) is 0 Å². The zero-order valence-electron chi connectivity index (χ0n) is 18.9. The Morgan fingerprint density at radius 1 is 1.20 bits per heavy atom. The van der Waals surface area contributed by atoms with Crippen molar-refractivity contribution in [2.75, 3.05) is 34.4 Å². The lowest BCUT2D eigenvalue weighted by atomic mass is 9.82. The normalized spacial score (nSPS) is 24.0. The first-order chi connectivity index (χ1) is 14.1. The molecular weight excluding hydrogens is 491 g/mol. The molecule has 0 spiro atoms. The highest BCUT2D eigenvalue weighted by atomic mass is 127. The van der Waals surface area contributed by atoms with Crippen LogP contribution in [0.25, 0.3) is 0 Å². The van der Waals surface area contributed by atoms with Gasteiger partial charge in [-0.3, -0.25) is 4.99 Å². The van der Waals surface area contributed by atoms with Crippen LogP contribution in [0.3, 0.4) is 0 Å². The number of guanidine groups is 1. The van der Waals surface area contributed by atoms with Crippen LogP contribution in [0.15, 0.2) is 23.2 Å². The second kappa shape index (κ2) is 12.6. The van der Waals surface area contributed by atoms with E-state index in [-0.39, 0.29) is 24.0 Å². The third-order valence-electron chi connectivity index (χ3n) is 6.37. The molecule has 2 fully saturated rings. The Hall–Kier alpha value is -1.22. The van der Waals surface area contributed by atoms with E-state index in [0.717, 1.165) is 48.9 Å². The molecule has 2 unspecified atom stereocenters. The molecule has 2 aliphatic rings. The van der Waals surface area contributed by atoms with Crippen LogP contribution in [0.2, 0.25) is 0 Å². The van der Waals surface area contributed by atoms with Crippen molar-refractivity contribution in [3.63, 3.8) is 0 Å². The third-order valence-corrected chi connectivity index (χ3v) is 6.37. The van der Waals surface area contributed by atoms with Crippen LogP contribution in [-0.2, 0) is 6.42 Å². The predicted molar refractivity (Wildman–Crippen MR) is 135 cm³/mol. The molecule has 2 aliphatic heterocycles. The van der Waals surface area contributed by atoms with Gasteiger partial charge in [0, 0.05) is 31.7 Å². The van der Waals surface area contributed by atoms with Gasteiger partial charge in [0.1, 0.15) is 0 Å². The zero-order chi connectivity index (χ0) is 20.6. The molecule has 2 bridgehead atoms. The van der Waals surface area contributed by atoms with Gasteiger partial charge in [-0.25, -0.2) is 0 Å². The molecule has 2 saturated heterocycles. The molecule has 0 radical (unpaired) electrons. The number of piperidine rings is 2. The van der Waals surface area contributed by atoms with E-state index in [0.29, 0.717) is 12.6 Å². The molecular formula is C23H39IN4O2. The number of aryl methyl sites for hydroxylation is 1. The standard InChI is InChI=1S/C23H38N4O2.HI/c1-5-29-22-14-17(11-12-21(22)28-4)8-7-13-25-23(24-2)26-18-15-19-9-6-10-20(16-18)27(19)3;/h11-12,14,18-20H,5-10,13,15-16H2,1-4H3,(H2,24,25,26);1H. The highest BCUT2D eigenvalue weighted by Crippen LogP contribution is 2.32. The number of rotatable bonds is 8. The number of hydrogen-bond acceptors (Lipinski definition) is 4. The third kappa shape index (κ3) is 6.64. The largest absolute Gasteiger partial charge is 0.493 e. The SMILES string of the molecule is CCOc1cc(CCCNC(=NC)NC2CC3CCCC(C2)N3C)ccc1OC.I. The highest BCUT2D eigenvalue weighted by molar-refractivity contribution is 14.0. The number of hydrogen-bond donors (Lipinski definition) is 2. The molecule has 30 heavy (non-hydrogen) atoms. The number of nitrogens with one attached hydrogen (secondary N) is 2. The summed E-state index contributed by atoms with van der Waals surface area (Å²) < 4.78 is 11.0. The topological polar surface area (TPSA) is 58.1 Å². The van der Waals surface area contributed by atoms with Crippen LogP contribution in [-0.4, -0.2) is 63.3 Å². The first kappa shape index (κ1) is 25.0.